The van der Waals surface area contributed by atoms with Gasteiger partial charge in [0, 0.05) is 21.5 Å². The molecule has 0 atom stereocenters. The third kappa shape index (κ3) is 5.58. The van der Waals surface area contributed by atoms with Crippen LogP contribution in [-0.4, -0.2) is 9.13 Å². The van der Waals surface area contributed by atoms with Gasteiger partial charge in [0.2, 0.25) is 0 Å². The number of rotatable bonds is 5. The van der Waals surface area contributed by atoms with Crippen molar-refractivity contribution in [1.29, 1.82) is 10.5 Å². The molecule has 4 nitrogen and oxygen atoms in total. The van der Waals surface area contributed by atoms with E-state index in [9.17, 15) is 10.5 Å². The van der Waals surface area contributed by atoms with Crippen LogP contribution >= 0.6 is 0 Å². The third-order valence-corrected chi connectivity index (χ3v) is 11.3. The number of nitrogens with zero attached hydrogens (tertiary/aromatic N) is 4. The van der Waals surface area contributed by atoms with Crippen LogP contribution in [0.2, 0.25) is 0 Å². The number of fused-ring (bicyclic) bond motifs is 6. The molecular formula is C53H36N4. The highest BCUT2D eigenvalue weighted by Gasteiger charge is 2.23. The molecular weight excluding hydrogens is 693 g/mol. The fraction of sp³-hybridized carbons (Fsp3) is 0.0566. The highest BCUT2D eigenvalue weighted by Crippen LogP contribution is 2.42. The molecule has 0 radical (unpaired) electrons. The van der Waals surface area contributed by atoms with Gasteiger partial charge in [0.1, 0.15) is 11.6 Å². The second kappa shape index (κ2) is 13.3. The molecule has 0 aliphatic rings. The summed E-state index contributed by atoms with van der Waals surface area (Å²) in [6.45, 7) is 6.23. The summed E-state index contributed by atoms with van der Waals surface area (Å²) < 4.78 is 4.53. The molecule has 57 heavy (non-hydrogen) atoms. The predicted octanol–water partition coefficient (Wildman–Crippen LogP) is 13.6. The zero-order valence-corrected chi connectivity index (χ0v) is 31.9. The molecule has 10 rings (SSSR count). The topological polar surface area (TPSA) is 57.4 Å². The van der Waals surface area contributed by atoms with Gasteiger partial charge in [0.15, 0.2) is 0 Å². The SMILES string of the molecule is Cc1ccc(-c2ccc3c4ccccc4n(-c4cc(-c5cc(C)cc(C#N)c5)cc(-n5c6ccccc6c6ccc(-c7ccc(C)cc7)cc65)c4C#N)c3c2)cc1. The second-order valence-electron chi connectivity index (χ2n) is 15.1. The van der Waals surface area contributed by atoms with Crippen molar-refractivity contribution in [1.82, 2.24) is 9.13 Å². The highest BCUT2D eigenvalue weighted by molar-refractivity contribution is 6.12. The van der Waals surface area contributed by atoms with Crippen LogP contribution in [0.5, 0.6) is 0 Å². The number of aromatic nitrogens is 2. The summed E-state index contributed by atoms with van der Waals surface area (Å²) in [5.74, 6) is 0. The molecule has 0 spiro atoms. The summed E-state index contributed by atoms with van der Waals surface area (Å²) in [6, 6.07) is 62.8. The number of para-hydroxylation sites is 2. The van der Waals surface area contributed by atoms with E-state index in [1.54, 1.807) is 0 Å². The van der Waals surface area contributed by atoms with E-state index in [0.717, 1.165) is 93.9 Å². The lowest BCUT2D eigenvalue weighted by atomic mass is 9.97. The molecule has 0 bridgehead atoms. The fourth-order valence-electron chi connectivity index (χ4n) is 8.57. The number of hydrogen-bond acceptors (Lipinski definition) is 2. The van der Waals surface area contributed by atoms with E-state index in [1.807, 2.05) is 19.1 Å². The van der Waals surface area contributed by atoms with Crippen LogP contribution in [0.3, 0.4) is 0 Å². The van der Waals surface area contributed by atoms with Crippen molar-refractivity contribution in [2.45, 2.75) is 20.8 Å². The fourth-order valence-corrected chi connectivity index (χ4v) is 8.57. The van der Waals surface area contributed by atoms with Crippen molar-refractivity contribution in [3.8, 4) is 56.9 Å². The van der Waals surface area contributed by atoms with Gasteiger partial charge in [-0.25, -0.2) is 0 Å². The summed E-state index contributed by atoms with van der Waals surface area (Å²) in [4.78, 5) is 0. The van der Waals surface area contributed by atoms with Crippen LogP contribution in [0.4, 0.5) is 0 Å². The van der Waals surface area contributed by atoms with Crippen molar-refractivity contribution in [2.75, 3.05) is 0 Å². The Bertz CT molecular complexity index is 3140. The Morgan fingerprint density at radius 3 is 1.26 bits per heavy atom. The van der Waals surface area contributed by atoms with Crippen molar-refractivity contribution in [3.63, 3.8) is 0 Å². The molecule has 268 valence electrons. The predicted molar refractivity (Wildman–Crippen MR) is 235 cm³/mol. The van der Waals surface area contributed by atoms with E-state index in [4.69, 9.17) is 0 Å². The number of aryl methyl sites for hydroxylation is 3. The lowest BCUT2D eigenvalue weighted by molar-refractivity contribution is 1.12. The Hall–Kier alpha value is -7.66. The molecule has 0 N–H and O–H groups in total. The quantitative estimate of drug-likeness (QED) is 0.177. The van der Waals surface area contributed by atoms with E-state index >= 15 is 0 Å². The Balaban J connectivity index is 1.34. The molecule has 10 aromatic rings. The Labute approximate surface area is 331 Å². The molecule has 8 aromatic carbocycles. The zero-order valence-electron chi connectivity index (χ0n) is 31.9. The maximum absolute atomic E-state index is 11.5. The van der Waals surface area contributed by atoms with Gasteiger partial charge < -0.3 is 9.13 Å². The van der Waals surface area contributed by atoms with Crippen LogP contribution in [-0.2, 0) is 0 Å². The molecule has 0 aliphatic heterocycles. The van der Waals surface area contributed by atoms with Gasteiger partial charge in [-0.3, -0.25) is 0 Å². The summed E-state index contributed by atoms with van der Waals surface area (Å²) >= 11 is 0. The first-order valence-electron chi connectivity index (χ1n) is 19.2. The molecule has 2 heterocycles. The Morgan fingerprint density at radius 1 is 0.351 bits per heavy atom. The first kappa shape index (κ1) is 33.9. The number of benzene rings is 8. The summed E-state index contributed by atoms with van der Waals surface area (Å²) in [7, 11) is 0. The van der Waals surface area contributed by atoms with E-state index < -0.39 is 0 Å². The van der Waals surface area contributed by atoms with E-state index in [-0.39, 0.29) is 0 Å². The minimum absolute atomic E-state index is 0.554. The monoisotopic (exact) mass is 728 g/mol. The van der Waals surface area contributed by atoms with Gasteiger partial charge in [-0.2, -0.15) is 10.5 Å². The zero-order chi connectivity index (χ0) is 38.8. The standard InChI is InChI=1S/C53H36N4/c1-33-12-16-37(17-13-33)39-20-22-45-43-8-4-6-10-48(43)56(50(45)27-39)52-29-42(41-25-35(3)24-36(26-41)31-54)30-53(47(52)32-55)57-49-11-7-5-9-44(49)46-23-21-40(28-51(46)57)38-18-14-34(2)15-19-38/h4-30H,1-3H3. The first-order valence-corrected chi connectivity index (χ1v) is 19.2. The van der Waals surface area contributed by atoms with Crippen molar-refractivity contribution < 1.29 is 0 Å². The molecule has 0 amide bonds. The molecule has 4 heteroatoms. The summed E-state index contributed by atoms with van der Waals surface area (Å²) in [5.41, 5.74) is 16.5. The van der Waals surface area contributed by atoms with Gasteiger partial charge in [-0.05, 0) is 108 Å². The number of hydrogen-bond donors (Lipinski definition) is 0. The molecule has 2 aromatic heterocycles. The second-order valence-corrected chi connectivity index (χ2v) is 15.1. The van der Waals surface area contributed by atoms with Crippen LogP contribution in [0.1, 0.15) is 27.8 Å². The molecule has 0 saturated heterocycles. The molecule has 0 unspecified atom stereocenters. The normalized spacial score (nSPS) is 11.4. The maximum Gasteiger partial charge on any atom is 0.104 e. The molecule has 0 aliphatic carbocycles. The average Bonchev–Trinajstić information content (AvgIpc) is 3.75. The largest absolute Gasteiger partial charge is 0.308 e. The lowest BCUT2D eigenvalue weighted by Crippen LogP contribution is -2.05. The summed E-state index contributed by atoms with van der Waals surface area (Å²) in [6.07, 6.45) is 0. The smallest absolute Gasteiger partial charge is 0.104 e. The van der Waals surface area contributed by atoms with Crippen LogP contribution in [0.15, 0.2) is 164 Å². The third-order valence-electron chi connectivity index (χ3n) is 11.3. The van der Waals surface area contributed by atoms with E-state index in [0.29, 0.717) is 11.1 Å². The van der Waals surface area contributed by atoms with Crippen molar-refractivity contribution in [3.05, 3.63) is 192 Å². The molecule has 0 fully saturated rings. The maximum atomic E-state index is 11.5. The number of nitriles is 2. The van der Waals surface area contributed by atoms with Crippen LogP contribution < -0.4 is 0 Å². The van der Waals surface area contributed by atoms with Gasteiger partial charge >= 0.3 is 0 Å². The van der Waals surface area contributed by atoms with Crippen molar-refractivity contribution in [2.24, 2.45) is 0 Å². The van der Waals surface area contributed by atoms with Gasteiger partial charge in [0.05, 0.1) is 45.1 Å². The first-order chi connectivity index (χ1) is 27.9. The lowest BCUT2D eigenvalue weighted by Gasteiger charge is -2.19. The minimum Gasteiger partial charge on any atom is -0.308 e. The van der Waals surface area contributed by atoms with Crippen LogP contribution in [0.25, 0.3) is 88.4 Å². The minimum atomic E-state index is 0.554. The van der Waals surface area contributed by atoms with E-state index in [1.165, 1.54) is 11.1 Å². The van der Waals surface area contributed by atoms with E-state index in [2.05, 4.69) is 187 Å². The molecule has 0 saturated carbocycles. The summed E-state index contributed by atoms with van der Waals surface area (Å²) in [5, 5.41) is 26.0. The Kier molecular flexibility index (Phi) is 7.89. The average molecular weight is 729 g/mol. The van der Waals surface area contributed by atoms with Gasteiger partial charge in [-0.1, -0.05) is 126 Å². The van der Waals surface area contributed by atoms with Crippen LogP contribution in [0, 0.1) is 43.4 Å². The van der Waals surface area contributed by atoms with Gasteiger partial charge in [0.25, 0.3) is 0 Å². The Morgan fingerprint density at radius 2 is 0.789 bits per heavy atom. The highest BCUT2D eigenvalue weighted by atomic mass is 15.0. The van der Waals surface area contributed by atoms with Gasteiger partial charge in [-0.15, -0.1) is 0 Å². The van der Waals surface area contributed by atoms with Crippen molar-refractivity contribution >= 4 is 43.6 Å².